The van der Waals surface area contributed by atoms with Gasteiger partial charge in [-0.2, -0.15) is 0 Å². The summed E-state index contributed by atoms with van der Waals surface area (Å²) >= 11 is 0. The maximum atomic E-state index is 9.73. The minimum atomic E-state index is -0.203. The normalized spacial score (nSPS) is 12.8. The molecule has 1 atom stereocenters. The zero-order valence-corrected chi connectivity index (χ0v) is 11.6. The van der Waals surface area contributed by atoms with Crippen molar-refractivity contribution in [2.75, 3.05) is 6.54 Å². The first kappa shape index (κ1) is 17.0. The van der Waals surface area contributed by atoms with Gasteiger partial charge in [0, 0.05) is 6.54 Å². The number of aliphatic imine (C=N–C) groups is 1. The third-order valence-electron chi connectivity index (χ3n) is 2.81. The molecule has 0 amide bonds. The smallest absolute Gasteiger partial charge is 0.185 e. The molecule has 0 aliphatic heterocycles. The van der Waals surface area contributed by atoms with Gasteiger partial charge in [0.05, 0.1) is 6.10 Å². The second kappa shape index (κ2) is 12.4. The van der Waals surface area contributed by atoms with E-state index >= 15 is 0 Å². The topological polar surface area (TPSA) is 84.6 Å². The number of unbranched alkanes of at least 4 members (excludes halogenated alkanes) is 4. The molecule has 0 spiro atoms. The molecule has 0 fully saturated rings. The highest BCUT2D eigenvalue weighted by Crippen LogP contribution is 2.09. The fraction of sp³-hybridized carbons (Fsp3) is 0.786. The largest absolute Gasteiger partial charge is 0.393 e. The van der Waals surface area contributed by atoms with E-state index in [9.17, 15) is 5.11 Å². The second-order valence-electron chi connectivity index (χ2n) is 4.66. The Kier molecular flexibility index (Phi) is 11.7. The van der Waals surface area contributed by atoms with Crippen molar-refractivity contribution >= 4 is 5.96 Å². The van der Waals surface area contributed by atoms with Gasteiger partial charge >= 0.3 is 0 Å². The number of hydrogen-bond acceptors (Lipinski definition) is 2. The Morgan fingerprint density at radius 1 is 1.17 bits per heavy atom. The fourth-order valence-corrected chi connectivity index (χ4v) is 1.74. The molecule has 0 rings (SSSR count). The first-order valence-electron chi connectivity index (χ1n) is 7.05. The van der Waals surface area contributed by atoms with Gasteiger partial charge in [0.15, 0.2) is 5.96 Å². The molecule has 18 heavy (non-hydrogen) atoms. The number of nitrogens with zero attached hydrogens (tertiary/aromatic N) is 1. The number of aliphatic hydroxyl groups is 1. The van der Waals surface area contributed by atoms with Crippen molar-refractivity contribution in [3.8, 4) is 0 Å². The number of nitrogens with two attached hydrogens (primary N) is 2. The van der Waals surface area contributed by atoms with Gasteiger partial charge in [0.25, 0.3) is 0 Å². The van der Waals surface area contributed by atoms with Crippen LogP contribution in [0, 0.1) is 0 Å². The van der Waals surface area contributed by atoms with Crippen LogP contribution in [0.25, 0.3) is 0 Å². The summed E-state index contributed by atoms with van der Waals surface area (Å²) in [5, 5.41) is 9.73. The summed E-state index contributed by atoms with van der Waals surface area (Å²) in [7, 11) is 0. The summed E-state index contributed by atoms with van der Waals surface area (Å²) in [5.74, 6) is 0.135. The molecule has 0 aliphatic carbocycles. The van der Waals surface area contributed by atoms with E-state index in [1.165, 1.54) is 25.7 Å². The van der Waals surface area contributed by atoms with Crippen LogP contribution in [0.3, 0.4) is 0 Å². The van der Waals surface area contributed by atoms with E-state index in [1.54, 1.807) is 0 Å². The van der Waals surface area contributed by atoms with Crippen molar-refractivity contribution in [1.29, 1.82) is 0 Å². The third kappa shape index (κ3) is 13.0. The summed E-state index contributed by atoms with van der Waals surface area (Å²) < 4.78 is 0. The van der Waals surface area contributed by atoms with E-state index < -0.39 is 0 Å². The SMILES string of the molecule is CCCCCCC[C@@H](O)C/C=C/CCN=C(N)N. The van der Waals surface area contributed by atoms with Crippen LogP contribution in [0.2, 0.25) is 0 Å². The van der Waals surface area contributed by atoms with E-state index in [-0.39, 0.29) is 12.1 Å². The Morgan fingerprint density at radius 2 is 1.89 bits per heavy atom. The Morgan fingerprint density at radius 3 is 2.56 bits per heavy atom. The van der Waals surface area contributed by atoms with Gasteiger partial charge < -0.3 is 16.6 Å². The fourth-order valence-electron chi connectivity index (χ4n) is 1.74. The van der Waals surface area contributed by atoms with Crippen LogP contribution in [0.5, 0.6) is 0 Å². The van der Waals surface area contributed by atoms with Crippen LogP contribution in [0.4, 0.5) is 0 Å². The summed E-state index contributed by atoms with van der Waals surface area (Å²) in [6.45, 7) is 2.83. The van der Waals surface area contributed by atoms with Crippen molar-refractivity contribution in [2.24, 2.45) is 16.5 Å². The molecule has 0 bridgehead atoms. The highest BCUT2D eigenvalue weighted by molar-refractivity contribution is 5.75. The molecule has 0 saturated carbocycles. The first-order chi connectivity index (χ1) is 8.66. The molecule has 5 N–H and O–H groups in total. The lowest BCUT2D eigenvalue weighted by molar-refractivity contribution is 0.163. The number of rotatable bonds is 11. The minimum absolute atomic E-state index is 0.135. The molecule has 0 aromatic heterocycles. The molecule has 0 aromatic rings. The maximum absolute atomic E-state index is 9.73. The first-order valence-corrected chi connectivity index (χ1v) is 7.05. The molecule has 0 aliphatic rings. The standard InChI is InChI=1S/C14H29N3O/c1-2-3-4-5-7-10-13(18)11-8-6-9-12-17-14(15)16/h6,8,13,18H,2-5,7,9-12H2,1H3,(H4,15,16,17)/b8-6+/t13-/m1/s1. The zero-order chi connectivity index (χ0) is 13.6. The summed E-state index contributed by atoms with van der Waals surface area (Å²) in [6.07, 6.45) is 12.5. The molecular weight excluding hydrogens is 226 g/mol. The van der Waals surface area contributed by atoms with Crippen LogP contribution in [0.15, 0.2) is 17.1 Å². The minimum Gasteiger partial charge on any atom is -0.393 e. The zero-order valence-electron chi connectivity index (χ0n) is 11.6. The number of aliphatic hydroxyl groups excluding tert-OH is 1. The molecule has 0 radical (unpaired) electrons. The second-order valence-corrected chi connectivity index (χ2v) is 4.66. The van der Waals surface area contributed by atoms with Crippen LogP contribution in [-0.4, -0.2) is 23.7 Å². The molecule has 106 valence electrons. The quantitative estimate of drug-likeness (QED) is 0.229. The lowest BCUT2D eigenvalue weighted by Gasteiger charge is -2.07. The van der Waals surface area contributed by atoms with Crippen molar-refractivity contribution in [1.82, 2.24) is 0 Å². The lowest BCUT2D eigenvalue weighted by atomic mass is 10.1. The van der Waals surface area contributed by atoms with Gasteiger partial charge in [0.1, 0.15) is 0 Å². The highest BCUT2D eigenvalue weighted by Gasteiger charge is 2.00. The molecule has 0 saturated heterocycles. The van der Waals surface area contributed by atoms with E-state index in [0.717, 1.165) is 25.7 Å². The van der Waals surface area contributed by atoms with E-state index in [0.29, 0.717) is 6.54 Å². The number of guanidine groups is 1. The molecular formula is C14H29N3O. The maximum Gasteiger partial charge on any atom is 0.185 e. The molecule has 0 aromatic carbocycles. The number of hydrogen-bond donors (Lipinski definition) is 3. The van der Waals surface area contributed by atoms with Crippen molar-refractivity contribution < 1.29 is 5.11 Å². The average molecular weight is 255 g/mol. The van der Waals surface area contributed by atoms with Crippen LogP contribution < -0.4 is 11.5 Å². The van der Waals surface area contributed by atoms with Gasteiger partial charge in [0.2, 0.25) is 0 Å². The van der Waals surface area contributed by atoms with E-state index in [1.807, 2.05) is 12.2 Å². The van der Waals surface area contributed by atoms with E-state index in [2.05, 4.69) is 11.9 Å². The Hall–Kier alpha value is -1.03. The van der Waals surface area contributed by atoms with E-state index in [4.69, 9.17) is 11.5 Å². The van der Waals surface area contributed by atoms with Gasteiger partial charge in [-0.3, -0.25) is 4.99 Å². The van der Waals surface area contributed by atoms with Gasteiger partial charge in [-0.15, -0.1) is 0 Å². The van der Waals surface area contributed by atoms with Gasteiger partial charge in [-0.25, -0.2) is 0 Å². The molecule has 4 heteroatoms. The van der Waals surface area contributed by atoms with Crippen molar-refractivity contribution in [2.45, 2.75) is 64.4 Å². The summed E-state index contributed by atoms with van der Waals surface area (Å²) in [6, 6.07) is 0. The van der Waals surface area contributed by atoms with Crippen molar-refractivity contribution in [3.05, 3.63) is 12.2 Å². The predicted octanol–water partition coefficient (Wildman–Crippen LogP) is 2.32. The van der Waals surface area contributed by atoms with Crippen LogP contribution >= 0.6 is 0 Å². The van der Waals surface area contributed by atoms with Crippen LogP contribution in [0.1, 0.15) is 58.3 Å². The Bertz CT molecular complexity index is 235. The summed E-state index contributed by atoms with van der Waals surface area (Å²) in [4.78, 5) is 3.88. The third-order valence-corrected chi connectivity index (χ3v) is 2.81. The van der Waals surface area contributed by atoms with Gasteiger partial charge in [-0.1, -0.05) is 51.2 Å². The Labute approximate surface area is 111 Å². The molecule has 0 unspecified atom stereocenters. The average Bonchev–Trinajstić information content (AvgIpc) is 2.33. The van der Waals surface area contributed by atoms with Crippen LogP contribution in [-0.2, 0) is 0 Å². The summed E-state index contributed by atoms with van der Waals surface area (Å²) in [5.41, 5.74) is 10.4. The highest BCUT2D eigenvalue weighted by atomic mass is 16.3. The lowest BCUT2D eigenvalue weighted by Crippen LogP contribution is -2.22. The van der Waals surface area contributed by atoms with Crippen molar-refractivity contribution in [3.63, 3.8) is 0 Å². The Balaban J connectivity index is 3.37. The molecule has 4 nitrogen and oxygen atoms in total. The van der Waals surface area contributed by atoms with Gasteiger partial charge in [-0.05, 0) is 19.3 Å². The molecule has 0 heterocycles. The predicted molar refractivity (Wildman–Crippen MR) is 78.4 cm³/mol. The monoisotopic (exact) mass is 255 g/mol.